The van der Waals surface area contributed by atoms with Crippen molar-refractivity contribution in [3.05, 3.63) is 15.1 Å². The molecule has 1 rings (SSSR count). The lowest BCUT2D eigenvalue weighted by atomic mass is 10.3. The molecule has 0 bridgehead atoms. The fourth-order valence-corrected chi connectivity index (χ4v) is 1.93. The molecule has 0 saturated carbocycles. The molecule has 0 aromatic heterocycles. The van der Waals surface area contributed by atoms with Gasteiger partial charge in [0.05, 0.1) is 19.2 Å². The minimum Gasteiger partial charge on any atom is -0.491 e. The Hall–Kier alpha value is -0.840. The van der Waals surface area contributed by atoms with Crippen LogP contribution in [0, 0.1) is 0 Å². The average Bonchev–Trinajstić information content (AvgIpc) is 2.27. The van der Waals surface area contributed by atoms with E-state index in [-0.39, 0.29) is 32.3 Å². The first kappa shape index (κ1) is 14.2. The van der Waals surface area contributed by atoms with E-state index >= 15 is 0 Å². The smallest absolute Gasteiger partial charge is 0.308 e. The Morgan fingerprint density at radius 3 is 1.59 bits per heavy atom. The van der Waals surface area contributed by atoms with Gasteiger partial charge in [0.2, 0.25) is 5.75 Å². The molecule has 0 N–H and O–H groups in total. The molecule has 1 aromatic carbocycles. The van der Waals surface area contributed by atoms with E-state index in [0.29, 0.717) is 0 Å². The molecular weight excluding hydrogens is 290 g/mol. The lowest BCUT2D eigenvalue weighted by molar-refractivity contribution is -0.132. The zero-order valence-corrected chi connectivity index (χ0v) is 11.5. The second-order valence-corrected chi connectivity index (χ2v) is 4.07. The van der Waals surface area contributed by atoms with E-state index < -0.39 is 5.97 Å². The van der Waals surface area contributed by atoms with Gasteiger partial charge in [0.15, 0.2) is 11.5 Å². The third-order valence-corrected chi connectivity index (χ3v) is 3.14. The first-order chi connectivity index (χ1) is 7.93. The molecular formula is C10H9Cl3O4. The third-order valence-electron chi connectivity index (χ3n) is 1.85. The Labute approximate surface area is 113 Å². The number of esters is 1. The van der Waals surface area contributed by atoms with E-state index in [1.807, 2.05) is 0 Å². The summed E-state index contributed by atoms with van der Waals surface area (Å²) in [6.07, 6.45) is 0. The molecule has 4 nitrogen and oxygen atoms in total. The first-order valence-electron chi connectivity index (χ1n) is 4.40. The van der Waals surface area contributed by atoms with Gasteiger partial charge in [0, 0.05) is 6.92 Å². The molecule has 17 heavy (non-hydrogen) atoms. The third kappa shape index (κ3) is 2.70. The van der Waals surface area contributed by atoms with Crippen LogP contribution in [0.5, 0.6) is 17.2 Å². The van der Waals surface area contributed by atoms with Crippen LogP contribution < -0.4 is 14.2 Å². The normalized spacial score (nSPS) is 10.0. The number of methoxy groups -OCH3 is 2. The number of hydrogen-bond donors (Lipinski definition) is 0. The summed E-state index contributed by atoms with van der Waals surface area (Å²) in [4.78, 5) is 11.0. The van der Waals surface area contributed by atoms with Crippen LogP contribution in [0.1, 0.15) is 6.92 Å². The standard InChI is InChI=1S/C10H9Cl3O4/c1-4(14)17-10-8(15-2)6(12)5(11)7(13)9(10)16-3/h1-3H3. The predicted octanol–water partition coefficient (Wildman–Crippen LogP) is 3.59. The Morgan fingerprint density at radius 1 is 0.882 bits per heavy atom. The molecule has 0 aliphatic heterocycles. The lowest BCUT2D eigenvalue weighted by Gasteiger charge is -2.16. The maximum absolute atomic E-state index is 11.0. The Morgan fingerprint density at radius 2 is 1.29 bits per heavy atom. The summed E-state index contributed by atoms with van der Waals surface area (Å²) in [7, 11) is 2.72. The molecule has 1 aromatic rings. The van der Waals surface area contributed by atoms with Crippen LogP contribution in [0.3, 0.4) is 0 Å². The van der Waals surface area contributed by atoms with Crippen LogP contribution in [0.25, 0.3) is 0 Å². The van der Waals surface area contributed by atoms with Gasteiger partial charge < -0.3 is 14.2 Å². The summed E-state index contributed by atoms with van der Waals surface area (Å²) in [5.41, 5.74) is 0. The number of carbonyl (C=O) groups is 1. The first-order valence-corrected chi connectivity index (χ1v) is 5.54. The average molecular weight is 300 g/mol. The second-order valence-electron chi connectivity index (χ2n) is 2.93. The fraction of sp³-hybridized carbons (Fsp3) is 0.300. The van der Waals surface area contributed by atoms with Crippen LogP contribution in [0.2, 0.25) is 15.1 Å². The number of hydrogen-bond acceptors (Lipinski definition) is 4. The molecule has 0 saturated heterocycles. The van der Waals surface area contributed by atoms with Crippen LogP contribution in [-0.4, -0.2) is 20.2 Å². The maximum atomic E-state index is 11.0. The van der Waals surface area contributed by atoms with Crippen LogP contribution in [-0.2, 0) is 4.79 Å². The van der Waals surface area contributed by atoms with Gasteiger partial charge in [-0.25, -0.2) is 0 Å². The summed E-state index contributed by atoms with van der Waals surface area (Å²) >= 11 is 17.7. The van der Waals surface area contributed by atoms with Gasteiger partial charge in [-0.15, -0.1) is 0 Å². The van der Waals surface area contributed by atoms with Crippen molar-refractivity contribution in [1.82, 2.24) is 0 Å². The molecule has 0 unspecified atom stereocenters. The van der Waals surface area contributed by atoms with Gasteiger partial charge in [0.25, 0.3) is 0 Å². The van der Waals surface area contributed by atoms with E-state index in [2.05, 4.69) is 0 Å². The molecule has 0 heterocycles. The minimum atomic E-state index is -0.559. The molecule has 7 heteroatoms. The monoisotopic (exact) mass is 298 g/mol. The molecule has 0 spiro atoms. The summed E-state index contributed by atoms with van der Waals surface area (Å²) in [6, 6.07) is 0. The largest absolute Gasteiger partial charge is 0.491 e. The maximum Gasteiger partial charge on any atom is 0.308 e. The van der Waals surface area contributed by atoms with Gasteiger partial charge in [-0.3, -0.25) is 4.79 Å². The zero-order valence-electron chi connectivity index (χ0n) is 9.27. The predicted molar refractivity (Wildman–Crippen MR) is 65.9 cm³/mol. The van der Waals surface area contributed by atoms with Crippen molar-refractivity contribution < 1.29 is 19.0 Å². The van der Waals surface area contributed by atoms with Gasteiger partial charge in [0.1, 0.15) is 10.0 Å². The highest BCUT2D eigenvalue weighted by Gasteiger charge is 2.25. The van der Waals surface area contributed by atoms with Gasteiger partial charge in [-0.1, -0.05) is 34.8 Å². The number of benzene rings is 1. The number of carbonyl (C=O) groups excluding carboxylic acids is 1. The minimum absolute atomic E-state index is 0.00176. The number of halogens is 3. The highest BCUT2D eigenvalue weighted by atomic mass is 35.5. The van der Waals surface area contributed by atoms with Gasteiger partial charge in [-0.05, 0) is 0 Å². The molecule has 0 amide bonds. The van der Waals surface area contributed by atoms with Gasteiger partial charge >= 0.3 is 5.97 Å². The van der Waals surface area contributed by atoms with Crippen molar-refractivity contribution in [2.75, 3.05) is 14.2 Å². The lowest BCUT2D eigenvalue weighted by Crippen LogP contribution is -2.05. The molecule has 0 fully saturated rings. The van der Waals surface area contributed by atoms with Gasteiger partial charge in [-0.2, -0.15) is 0 Å². The van der Waals surface area contributed by atoms with E-state index in [9.17, 15) is 4.79 Å². The van der Waals surface area contributed by atoms with Crippen molar-refractivity contribution in [1.29, 1.82) is 0 Å². The van der Waals surface area contributed by atoms with Crippen molar-refractivity contribution in [3.8, 4) is 17.2 Å². The highest BCUT2D eigenvalue weighted by molar-refractivity contribution is 6.49. The van der Waals surface area contributed by atoms with Crippen molar-refractivity contribution in [3.63, 3.8) is 0 Å². The van der Waals surface area contributed by atoms with E-state index in [0.717, 1.165) is 0 Å². The topological polar surface area (TPSA) is 44.8 Å². The fourth-order valence-electron chi connectivity index (χ4n) is 1.20. The van der Waals surface area contributed by atoms with Crippen LogP contribution in [0.4, 0.5) is 0 Å². The van der Waals surface area contributed by atoms with Crippen molar-refractivity contribution in [2.24, 2.45) is 0 Å². The zero-order chi connectivity index (χ0) is 13.2. The Bertz CT molecular complexity index is 428. The molecule has 0 aliphatic carbocycles. The Kier molecular flexibility index (Phi) is 4.74. The second kappa shape index (κ2) is 5.67. The summed E-state index contributed by atoms with van der Waals surface area (Å²) in [6.45, 7) is 1.23. The van der Waals surface area contributed by atoms with Crippen molar-refractivity contribution in [2.45, 2.75) is 6.92 Å². The van der Waals surface area contributed by atoms with Crippen molar-refractivity contribution >= 4 is 40.8 Å². The molecule has 0 aliphatic rings. The van der Waals surface area contributed by atoms with Crippen LogP contribution >= 0.6 is 34.8 Å². The quantitative estimate of drug-likeness (QED) is 0.486. The van der Waals surface area contributed by atoms with E-state index in [1.54, 1.807) is 0 Å². The van der Waals surface area contributed by atoms with Crippen LogP contribution in [0.15, 0.2) is 0 Å². The Balaban J connectivity index is 3.56. The summed E-state index contributed by atoms with van der Waals surface area (Å²) < 4.78 is 15.0. The highest BCUT2D eigenvalue weighted by Crippen LogP contribution is 2.52. The summed E-state index contributed by atoms with van der Waals surface area (Å²) in [5, 5.41) is 0.172. The molecule has 0 atom stereocenters. The summed E-state index contributed by atoms with van der Waals surface area (Å²) in [5.74, 6) is -0.376. The number of ether oxygens (including phenoxy) is 3. The van der Waals surface area contributed by atoms with E-state index in [4.69, 9.17) is 49.0 Å². The molecule has 0 radical (unpaired) electrons. The molecule has 94 valence electrons. The number of rotatable bonds is 3. The SMILES string of the molecule is COc1c(Cl)c(Cl)c(Cl)c(OC)c1OC(C)=O. The van der Waals surface area contributed by atoms with E-state index in [1.165, 1.54) is 21.1 Å².